The minimum atomic E-state index is -0.465. The number of piperazine rings is 1. The van der Waals surface area contributed by atoms with Crippen molar-refractivity contribution in [2.24, 2.45) is 0 Å². The number of anilines is 1. The molecule has 0 aromatic heterocycles. The second kappa shape index (κ2) is 8.29. The van der Waals surface area contributed by atoms with E-state index >= 15 is 0 Å². The van der Waals surface area contributed by atoms with Gasteiger partial charge in [-0.3, -0.25) is 9.69 Å². The number of carbonyl (C=O) groups excluding carboxylic acids is 2. The zero-order chi connectivity index (χ0) is 16.8. The number of amides is 1. The molecule has 1 aliphatic heterocycles. The van der Waals surface area contributed by atoms with E-state index in [-0.39, 0.29) is 5.91 Å². The molecule has 0 bridgehead atoms. The van der Waals surface area contributed by atoms with Crippen LogP contribution in [0.25, 0.3) is 0 Å². The second-order valence-corrected chi connectivity index (χ2v) is 5.85. The van der Waals surface area contributed by atoms with Crippen molar-refractivity contribution in [3.8, 4) is 0 Å². The van der Waals surface area contributed by atoms with Gasteiger partial charge in [-0.15, -0.1) is 0 Å². The van der Waals surface area contributed by atoms with Crippen LogP contribution in [0.1, 0.15) is 17.3 Å². The first-order chi connectivity index (χ1) is 11.0. The van der Waals surface area contributed by atoms with E-state index in [1.54, 1.807) is 12.1 Å². The van der Waals surface area contributed by atoms with Crippen molar-refractivity contribution >= 4 is 29.2 Å². The molecule has 1 aromatic carbocycles. The number of likely N-dealkylation sites (N-methyl/N-ethyl adjacent to an activating group) is 1. The molecule has 2 rings (SSSR count). The Morgan fingerprint density at radius 2 is 1.87 bits per heavy atom. The van der Waals surface area contributed by atoms with Crippen molar-refractivity contribution in [1.82, 2.24) is 9.80 Å². The first-order valence-corrected chi connectivity index (χ1v) is 8.03. The molecule has 0 spiro atoms. The maximum atomic E-state index is 12.2. The normalized spacial score (nSPS) is 16.1. The molecule has 1 fully saturated rings. The van der Waals surface area contributed by atoms with Gasteiger partial charge in [0.1, 0.15) is 0 Å². The maximum absolute atomic E-state index is 12.2. The summed E-state index contributed by atoms with van der Waals surface area (Å²) in [5, 5.41) is 3.16. The monoisotopic (exact) mass is 339 g/mol. The number of esters is 1. The molecule has 1 heterocycles. The van der Waals surface area contributed by atoms with Crippen molar-refractivity contribution in [3.05, 3.63) is 28.8 Å². The van der Waals surface area contributed by atoms with Crippen LogP contribution in [0.2, 0.25) is 5.02 Å². The highest BCUT2D eigenvalue weighted by molar-refractivity contribution is 6.33. The summed E-state index contributed by atoms with van der Waals surface area (Å²) >= 11 is 6.08. The van der Waals surface area contributed by atoms with Gasteiger partial charge in [-0.2, -0.15) is 0 Å². The number of hydrogen-bond acceptors (Lipinski definition) is 5. The third-order valence-corrected chi connectivity index (χ3v) is 4.27. The smallest absolute Gasteiger partial charge is 0.337 e. The van der Waals surface area contributed by atoms with Crippen molar-refractivity contribution in [1.29, 1.82) is 0 Å². The number of benzene rings is 1. The molecule has 0 radical (unpaired) electrons. The van der Waals surface area contributed by atoms with Gasteiger partial charge in [-0.1, -0.05) is 18.5 Å². The highest BCUT2D eigenvalue weighted by atomic mass is 35.5. The lowest BCUT2D eigenvalue weighted by Gasteiger charge is -2.33. The Hall–Kier alpha value is -1.63. The van der Waals surface area contributed by atoms with E-state index in [4.69, 9.17) is 11.6 Å². The van der Waals surface area contributed by atoms with Crippen molar-refractivity contribution in [2.45, 2.75) is 6.92 Å². The van der Waals surface area contributed by atoms with Crippen LogP contribution in [-0.4, -0.2) is 68.1 Å². The number of rotatable bonds is 5. The van der Waals surface area contributed by atoms with Gasteiger partial charge in [0, 0.05) is 26.2 Å². The van der Waals surface area contributed by atoms with Gasteiger partial charge in [0.2, 0.25) is 5.91 Å². The van der Waals surface area contributed by atoms with Crippen LogP contribution in [0, 0.1) is 0 Å². The average Bonchev–Trinajstić information content (AvgIpc) is 2.56. The Balaban J connectivity index is 1.93. The first-order valence-electron chi connectivity index (χ1n) is 7.66. The summed E-state index contributed by atoms with van der Waals surface area (Å²) in [6.45, 7) is 7.18. The van der Waals surface area contributed by atoms with E-state index in [0.717, 1.165) is 32.7 Å². The molecule has 1 amide bonds. The predicted molar refractivity (Wildman–Crippen MR) is 90.0 cm³/mol. The van der Waals surface area contributed by atoms with Crippen LogP contribution in [0.3, 0.4) is 0 Å². The Kier molecular flexibility index (Phi) is 6.38. The molecule has 7 heteroatoms. The van der Waals surface area contributed by atoms with E-state index < -0.39 is 5.97 Å². The molecule has 0 atom stereocenters. The fourth-order valence-electron chi connectivity index (χ4n) is 2.52. The molecule has 1 aliphatic rings. The molecule has 0 aliphatic carbocycles. The summed E-state index contributed by atoms with van der Waals surface area (Å²) in [5.41, 5.74) is 0.774. The second-order valence-electron chi connectivity index (χ2n) is 5.44. The van der Waals surface area contributed by atoms with Gasteiger partial charge < -0.3 is 15.0 Å². The Labute approximate surface area is 141 Å². The van der Waals surface area contributed by atoms with Gasteiger partial charge in [0.25, 0.3) is 0 Å². The number of methoxy groups -OCH3 is 1. The summed E-state index contributed by atoms with van der Waals surface area (Å²) in [7, 11) is 1.31. The quantitative estimate of drug-likeness (QED) is 0.827. The van der Waals surface area contributed by atoms with Gasteiger partial charge in [-0.05, 0) is 24.7 Å². The summed E-state index contributed by atoms with van der Waals surface area (Å²) in [6.07, 6.45) is 0. The highest BCUT2D eigenvalue weighted by Gasteiger charge is 2.18. The molecular weight excluding hydrogens is 318 g/mol. The van der Waals surface area contributed by atoms with E-state index in [1.165, 1.54) is 13.2 Å². The molecule has 1 aromatic rings. The molecule has 1 saturated heterocycles. The van der Waals surface area contributed by atoms with E-state index in [0.29, 0.717) is 22.8 Å². The summed E-state index contributed by atoms with van der Waals surface area (Å²) in [6, 6.07) is 4.67. The molecule has 0 unspecified atom stereocenters. The van der Waals surface area contributed by atoms with Crippen molar-refractivity contribution in [3.63, 3.8) is 0 Å². The van der Waals surface area contributed by atoms with E-state index in [1.807, 2.05) is 0 Å². The topological polar surface area (TPSA) is 61.9 Å². The minimum Gasteiger partial charge on any atom is -0.465 e. The Bertz CT molecular complexity index is 572. The lowest BCUT2D eigenvalue weighted by Crippen LogP contribution is -2.48. The molecule has 23 heavy (non-hydrogen) atoms. The van der Waals surface area contributed by atoms with Gasteiger partial charge in [-0.25, -0.2) is 4.79 Å². The van der Waals surface area contributed by atoms with Crippen LogP contribution in [-0.2, 0) is 9.53 Å². The number of halogens is 1. The van der Waals surface area contributed by atoms with Gasteiger partial charge >= 0.3 is 5.97 Å². The van der Waals surface area contributed by atoms with Crippen molar-refractivity contribution < 1.29 is 14.3 Å². The summed E-state index contributed by atoms with van der Waals surface area (Å²) in [5.74, 6) is -0.605. The van der Waals surface area contributed by atoms with Gasteiger partial charge in [0.15, 0.2) is 0 Å². The number of nitrogens with zero attached hydrogens (tertiary/aromatic N) is 2. The first kappa shape index (κ1) is 17.7. The third-order valence-electron chi connectivity index (χ3n) is 3.94. The molecular formula is C16H22ClN3O3. The average molecular weight is 340 g/mol. The fourth-order valence-corrected chi connectivity index (χ4v) is 2.69. The SMILES string of the molecule is CCN1CCN(CC(=O)Nc2cc(C(=O)OC)ccc2Cl)CC1. The number of nitrogens with one attached hydrogen (secondary N) is 1. The zero-order valence-electron chi connectivity index (χ0n) is 13.5. The minimum absolute atomic E-state index is 0.140. The molecule has 0 saturated carbocycles. The van der Waals surface area contributed by atoms with Crippen LogP contribution < -0.4 is 5.32 Å². The zero-order valence-corrected chi connectivity index (χ0v) is 14.2. The van der Waals surface area contributed by atoms with E-state index in [9.17, 15) is 9.59 Å². The number of ether oxygens (including phenoxy) is 1. The lowest BCUT2D eigenvalue weighted by atomic mass is 10.2. The Morgan fingerprint density at radius 3 is 2.48 bits per heavy atom. The van der Waals surface area contributed by atoms with Gasteiger partial charge in [0.05, 0.1) is 29.9 Å². The van der Waals surface area contributed by atoms with Crippen LogP contribution >= 0.6 is 11.6 Å². The lowest BCUT2D eigenvalue weighted by molar-refractivity contribution is -0.117. The number of carbonyl (C=O) groups is 2. The van der Waals surface area contributed by atoms with E-state index in [2.05, 4.69) is 26.8 Å². The highest BCUT2D eigenvalue weighted by Crippen LogP contribution is 2.23. The predicted octanol–water partition coefficient (Wildman–Crippen LogP) is 1.70. The van der Waals surface area contributed by atoms with Crippen LogP contribution in [0.4, 0.5) is 5.69 Å². The van der Waals surface area contributed by atoms with Crippen LogP contribution in [0.5, 0.6) is 0 Å². The van der Waals surface area contributed by atoms with Crippen LogP contribution in [0.15, 0.2) is 18.2 Å². The largest absolute Gasteiger partial charge is 0.465 e. The summed E-state index contributed by atoms with van der Waals surface area (Å²) in [4.78, 5) is 28.2. The summed E-state index contributed by atoms with van der Waals surface area (Å²) < 4.78 is 4.67. The molecule has 1 N–H and O–H groups in total. The fraction of sp³-hybridized carbons (Fsp3) is 0.500. The third kappa shape index (κ3) is 4.92. The standard InChI is InChI=1S/C16H22ClN3O3/c1-3-19-6-8-20(9-7-19)11-15(21)18-14-10-12(16(22)23-2)4-5-13(14)17/h4-5,10H,3,6-9,11H2,1-2H3,(H,18,21). The molecule has 6 nitrogen and oxygen atoms in total. The van der Waals surface area contributed by atoms with Crippen molar-refractivity contribution in [2.75, 3.05) is 51.7 Å². The number of hydrogen-bond donors (Lipinski definition) is 1. The molecule has 126 valence electrons. The Morgan fingerprint density at radius 1 is 1.22 bits per heavy atom. The maximum Gasteiger partial charge on any atom is 0.337 e.